The van der Waals surface area contributed by atoms with Gasteiger partial charge in [-0.05, 0) is 24.6 Å². The maximum atomic E-state index is 10.7. The maximum Gasteiger partial charge on any atom is 0.323 e. The highest BCUT2D eigenvalue weighted by molar-refractivity contribution is 5.75. The molecule has 6 nitrogen and oxygen atoms in total. The molecule has 0 radical (unpaired) electrons. The quantitative estimate of drug-likeness (QED) is 0.452. The average Bonchev–Trinajstić information content (AvgIpc) is 2.20. The largest absolute Gasteiger partial charge is 0.504 e. The van der Waals surface area contributed by atoms with Gasteiger partial charge in [0.15, 0.2) is 11.5 Å². The molecule has 0 saturated carbocycles. The number of aliphatic carboxylic acids is 1. The van der Waals surface area contributed by atoms with E-state index in [9.17, 15) is 15.0 Å². The summed E-state index contributed by atoms with van der Waals surface area (Å²) in [4.78, 5) is 10.7. The molecule has 0 unspecified atom stereocenters. The molecule has 1 aromatic rings. The zero-order valence-electron chi connectivity index (χ0n) is 8.58. The van der Waals surface area contributed by atoms with Crippen LogP contribution in [0.3, 0.4) is 0 Å². The normalized spacial score (nSPS) is 16.4. The van der Waals surface area contributed by atoms with Gasteiger partial charge in [0.2, 0.25) is 0 Å². The van der Waals surface area contributed by atoms with Crippen molar-refractivity contribution in [3.63, 3.8) is 0 Å². The monoisotopic (exact) mass is 227 g/mol. The first-order valence-electron chi connectivity index (χ1n) is 4.50. The van der Waals surface area contributed by atoms with E-state index < -0.39 is 23.4 Å². The first-order chi connectivity index (χ1) is 7.26. The molecule has 0 heterocycles. The summed E-state index contributed by atoms with van der Waals surface area (Å²) >= 11 is 0. The minimum absolute atomic E-state index is 0.109. The van der Waals surface area contributed by atoms with Gasteiger partial charge in [-0.2, -0.15) is 0 Å². The van der Waals surface area contributed by atoms with Crippen molar-refractivity contribution in [1.82, 2.24) is 0 Å². The average molecular weight is 227 g/mol. The van der Waals surface area contributed by atoms with Crippen molar-refractivity contribution in [3.8, 4) is 11.5 Å². The van der Waals surface area contributed by atoms with E-state index in [1.807, 2.05) is 0 Å². The van der Waals surface area contributed by atoms with Crippen molar-refractivity contribution in [1.29, 1.82) is 0 Å². The van der Waals surface area contributed by atoms with E-state index in [0.717, 1.165) is 12.1 Å². The Bertz CT molecular complexity index is 416. The predicted molar refractivity (Wildman–Crippen MR) is 55.0 cm³/mol. The second kappa shape index (κ2) is 3.99. The second-order valence-corrected chi connectivity index (χ2v) is 3.67. The molecule has 6 heteroatoms. The van der Waals surface area contributed by atoms with Crippen LogP contribution in [0.25, 0.3) is 0 Å². The van der Waals surface area contributed by atoms with Crippen molar-refractivity contribution in [2.24, 2.45) is 5.73 Å². The number of carboxylic acids is 1. The molecule has 1 aromatic carbocycles. The number of hydrogen-bond acceptors (Lipinski definition) is 5. The number of phenols is 2. The van der Waals surface area contributed by atoms with Gasteiger partial charge in [0.05, 0.1) is 0 Å². The van der Waals surface area contributed by atoms with Crippen molar-refractivity contribution in [2.75, 3.05) is 0 Å². The van der Waals surface area contributed by atoms with Gasteiger partial charge in [0.25, 0.3) is 0 Å². The third-order valence-corrected chi connectivity index (χ3v) is 2.43. The van der Waals surface area contributed by atoms with Gasteiger partial charge in [0.1, 0.15) is 11.6 Å². The Morgan fingerprint density at radius 1 is 1.38 bits per heavy atom. The van der Waals surface area contributed by atoms with Crippen LogP contribution in [0.5, 0.6) is 11.5 Å². The number of rotatable bonds is 3. The molecule has 0 fully saturated rings. The van der Waals surface area contributed by atoms with E-state index in [2.05, 4.69) is 0 Å². The number of carboxylic acid groups (broad SMARTS) is 1. The fourth-order valence-corrected chi connectivity index (χ4v) is 1.26. The molecule has 0 aliphatic heterocycles. The molecular formula is C10H13NO5. The Hall–Kier alpha value is -1.79. The summed E-state index contributed by atoms with van der Waals surface area (Å²) in [5.74, 6) is -2.17. The lowest BCUT2D eigenvalue weighted by atomic mass is 9.88. The smallest absolute Gasteiger partial charge is 0.323 e. The predicted octanol–water partition coefficient (Wildman–Crippen LogP) is -0.283. The van der Waals surface area contributed by atoms with E-state index >= 15 is 0 Å². The Balaban J connectivity index is 3.16. The van der Waals surface area contributed by atoms with E-state index in [0.29, 0.717) is 0 Å². The van der Waals surface area contributed by atoms with Crippen LogP contribution < -0.4 is 5.73 Å². The van der Waals surface area contributed by atoms with Gasteiger partial charge < -0.3 is 26.2 Å². The van der Waals surface area contributed by atoms with Gasteiger partial charge >= 0.3 is 5.97 Å². The van der Waals surface area contributed by atoms with E-state index in [1.165, 1.54) is 13.0 Å². The standard InChI is InChI=1S/C10H13NO5/c1-10(16,8(11)9(14)15)5-2-3-6(12)7(13)4-5/h2-4,8,12-13,16H,11H2,1H3,(H,14,15)/t8-,10+/m1/s1. The van der Waals surface area contributed by atoms with E-state index in [-0.39, 0.29) is 11.3 Å². The fraction of sp³-hybridized carbons (Fsp3) is 0.300. The van der Waals surface area contributed by atoms with Gasteiger partial charge in [-0.15, -0.1) is 0 Å². The Kier molecular flexibility index (Phi) is 3.06. The van der Waals surface area contributed by atoms with E-state index in [1.54, 1.807) is 0 Å². The molecule has 16 heavy (non-hydrogen) atoms. The number of aliphatic hydroxyl groups is 1. The molecule has 0 aliphatic rings. The van der Waals surface area contributed by atoms with Gasteiger partial charge in [0, 0.05) is 0 Å². The van der Waals surface area contributed by atoms with Crippen LogP contribution in [0.2, 0.25) is 0 Å². The second-order valence-electron chi connectivity index (χ2n) is 3.67. The van der Waals surface area contributed by atoms with Crippen LogP contribution >= 0.6 is 0 Å². The molecule has 88 valence electrons. The summed E-state index contributed by atoms with van der Waals surface area (Å²) < 4.78 is 0. The fourth-order valence-electron chi connectivity index (χ4n) is 1.26. The number of aromatic hydroxyl groups is 2. The van der Waals surface area contributed by atoms with Gasteiger partial charge in [-0.1, -0.05) is 6.07 Å². The SMILES string of the molecule is C[C@](O)(c1ccc(O)c(O)c1)[C@H](N)C(=O)O. The minimum atomic E-state index is -1.84. The number of phenolic OH excluding ortho intramolecular Hbond substituents is 2. The summed E-state index contributed by atoms with van der Waals surface area (Å²) in [7, 11) is 0. The van der Waals surface area contributed by atoms with Crippen LogP contribution in [-0.4, -0.2) is 32.4 Å². The topological polar surface area (TPSA) is 124 Å². The van der Waals surface area contributed by atoms with Gasteiger partial charge in [-0.25, -0.2) is 0 Å². The minimum Gasteiger partial charge on any atom is -0.504 e. The molecule has 0 spiro atoms. The van der Waals surface area contributed by atoms with Crippen LogP contribution in [-0.2, 0) is 10.4 Å². The highest BCUT2D eigenvalue weighted by Gasteiger charge is 2.36. The molecule has 6 N–H and O–H groups in total. The lowest BCUT2D eigenvalue weighted by Crippen LogP contribution is -2.48. The first kappa shape index (κ1) is 12.3. The third-order valence-electron chi connectivity index (χ3n) is 2.43. The number of hydrogen-bond donors (Lipinski definition) is 5. The molecule has 1 rings (SSSR count). The molecule has 0 amide bonds. The molecule has 0 aliphatic carbocycles. The molecule has 0 aromatic heterocycles. The summed E-state index contributed by atoms with van der Waals surface area (Å²) in [6.07, 6.45) is 0. The summed E-state index contributed by atoms with van der Waals surface area (Å²) in [5.41, 5.74) is 3.59. The zero-order chi connectivity index (χ0) is 12.5. The number of carbonyl (C=O) groups is 1. The molecule has 0 bridgehead atoms. The zero-order valence-corrected chi connectivity index (χ0v) is 8.58. The van der Waals surface area contributed by atoms with Crippen molar-refractivity contribution in [2.45, 2.75) is 18.6 Å². The maximum absolute atomic E-state index is 10.7. The lowest BCUT2D eigenvalue weighted by Gasteiger charge is -2.27. The van der Waals surface area contributed by atoms with Crippen LogP contribution in [0.15, 0.2) is 18.2 Å². The highest BCUT2D eigenvalue weighted by atomic mass is 16.4. The van der Waals surface area contributed by atoms with Gasteiger partial charge in [-0.3, -0.25) is 4.79 Å². The van der Waals surface area contributed by atoms with Crippen molar-refractivity contribution in [3.05, 3.63) is 23.8 Å². The highest BCUT2D eigenvalue weighted by Crippen LogP contribution is 2.31. The first-order valence-corrected chi connectivity index (χ1v) is 4.50. The Labute approximate surface area is 91.6 Å². The molecular weight excluding hydrogens is 214 g/mol. The summed E-state index contributed by atoms with van der Waals surface area (Å²) in [6, 6.07) is 1.97. The van der Waals surface area contributed by atoms with Crippen LogP contribution in [0, 0.1) is 0 Å². The summed E-state index contributed by atoms with van der Waals surface area (Å²) in [6.45, 7) is 1.22. The third kappa shape index (κ3) is 2.07. The molecule has 2 atom stereocenters. The van der Waals surface area contributed by atoms with Crippen molar-refractivity contribution < 1.29 is 25.2 Å². The van der Waals surface area contributed by atoms with Crippen molar-refractivity contribution >= 4 is 5.97 Å². The van der Waals surface area contributed by atoms with Crippen LogP contribution in [0.4, 0.5) is 0 Å². The summed E-state index contributed by atoms with van der Waals surface area (Å²) in [5, 5.41) is 37.0. The van der Waals surface area contributed by atoms with Crippen LogP contribution in [0.1, 0.15) is 12.5 Å². The lowest BCUT2D eigenvalue weighted by molar-refractivity contribution is -0.145. The number of nitrogens with two attached hydrogens (primary N) is 1. The number of benzene rings is 1. The Morgan fingerprint density at radius 2 is 1.94 bits per heavy atom. The van der Waals surface area contributed by atoms with E-state index in [4.69, 9.17) is 15.9 Å². The molecule has 0 saturated heterocycles. The Morgan fingerprint density at radius 3 is 2.38 bits per heavy atom.